The van der Waals surface area contributed by atoms with E-state index in [-0.39, 0.29) is 0 Å². The van der Waals surface area contributed by atoms with Crippen LogP contribution in [0, 0.1) is 11.8 Å². The van der Waals surface area contributed by atoms with E-state index in [0.29, 0.717) is 17.1 Å². The second-order valence-electron chi connectivity index (χ2n) is 5.30. The van der Waals surface area contributed by atoms with Crippen LogP contribution in [0.15, 0.2) is 0 Å². The second kappa shape index (κ2) is 6.90. The lowest BCUT2D eigenvalue weighted by Crippen LogP contribution is -2.06. The van der Waals surface area contributed by atoms with Crippen molar-refractivity contribution in [3.05, 3.63) is 16.9 Å². The molecule has 0 saturated heterocycles. The summed E-state index contributed by atoms with van der Waals surface area (Å²) in [5.74, 6) is 2.98. The van der Waals surface area contributed by atoms with Crippen molar-refractivity contribution in [2.75, 3.05) is 0 Å². The van der Waals surface area contributed by atoms with Crippen molar-refractivity contribution < 1.29 is 0 Å². The zero-order valence-electron chi connectivity index (χ0n) is 11.2. The van der Waals surface area contributed by atoms with Gasteiger partial charge < -0.3 is 0 Å². The van der Waals surface area contributed by atoms with E-state index in [9.17, 15) is 0 Å². The minimum atomic E-state index is 0.331. The van der Waals surface area contributed by atoms with E-state index in [1.165, 1.54) is 0 Å². The third kappa shape index (κ3) is 5.97. The fourth-order valence-corrected chi connectivity index (χ4v) is 1.69. The molecule has 0 unspecified atom stereocenters. The molecule has 0 radical (unpaired) electrons. The topological polar surface area (TPSA) is 38.7 Å². The Bertz CT molecular complexity index is 320. The summed E-state index contributed by atoms with van der Waals surface area (Å²) in [4.78, 5) is 12.8. The Kier molecular flexibility index (Phi) is 5.83. The maximum absolute atomic E-state index is 5.92. The molecule has 1 aromatic rings. The molecule has 0 fully saturated rings. The molecule has 4 heteroatoms. The first-order chi connectivity index (χ1) is 7.97. The Morgan fingerprint density at radius 3 is 1.59 bits per heavy atom. The van der Waals surface area contributed by atoms with Gasteiger partial charge in [-0.25, -0.2) is 15.0 Å². The normalized spacial score (nSPS) is 11.5. The van der Waals surface area contributed by atoms with E-state index >= 15 is 0 Å². The first-order valence-corrected chi connectivity index (χ1v) is 6.74. The molecule has 0 atom stereocenters. The highest BCUT2D eigenvalue weighted by atomic mass is 35.5. The minimum absolute atomic E-state index is 0.331. The van der Waals surface area contributed by atoms with Gasteiger partial charge in [-0.3, -0.25) is 0 Å². The molecule has 3 nitrogen and oxygen atoms in total. The summed E-state index contributed by atoms with van der Waals surface area (Å²) in [5, 5.41) is 0.331. The molecule has 0 aliphatic rings. The van der Waals surface area contributed by atoms with Crippen molar-refractivity contribution in [3.63, 3.8) is 0 Å². The predicted octanol–water partition coefficient (Wildman–Crippen LogP) is 3.70. The lowest BCUT2D eigenvalue weighted by molar-refractivity contribution is 0.557. The molecule has 0 saturated carbocycles. The van der Waals surface area contributed by atoms with Crippen LogP contribution in [0.5, 0.6) is 0 Å². The molecule has 0 aromatic carbocycles. The molecule has 0 bridgehead atoms. The van der Waals surface area contributed by atoms with Gasteiger partial charge in [0.2, 0.25) is 5.28 Å². The van der Waals surface area contributed by atoms with Crippen LogP contribution < -0.4 is 0 Å². The molecule has 1 heterocycles. The van der Waals surface area contributed by atoms with Gasteiger partial charge in [0.25, 0.3) is 0 Å². The lowest BCUT2D eigenvalue weighted by Gasteiger charge is -2.07. The maximum atomic E-state index is 5.92. The van der Waals surface area contributed by atoms with Crippen molar-refractivity contribution in [2.45, 2.75) is 53.4 Å². The highest BCUT2D eigenvalue weighted by Crippen LogP contribution is 2.10. The van der Waals surface area contributed by atoms with Gasteiger partial charge in [-0.1, -0.05) is 27.7 Å². The largest absolute Gasteiger partial charge is 0.225 e. The number of halogens is 1. The third-order valence-electron chi connectivity index (χ3n) is 2.59. The van der Waals surface area contributed by atoms with Crippen LogP contribution in [-0.4, -0.2) is 15.0 Å². The first-order valence-electron chi connectivity index (χ1n) is 6.36. The molecule has 1 rings (SSSR count). The Morgan fingerprint density at radius 2 is 1.24 bits per heavy atom. The molecular formula is C13H22ClN3. The second-order valence-corrected chi connectivity index (χ2v) is 5.64. The van der Waals surface area contributed by atoms with Gasteiger partial charge in [0.15, 0.2) is 0 Å². The van der Waals surface area contributed by atoms with Crippen molar-refractivity contribution in [1.82, 2.24) is 15.0 Å². The van der Waals surface area contributed by atoms with Gasteiger partial charge >= 0.3 is 0 Å². The fraction of sp³-hybridized carbons (Fsp3) is 0.769. The molecule has 0 amide bonds. The SMILES string of the molecule is CC(C)CCc1nc(Cl)nc(CCC(C)C)n1. The molecular weight excluding hydrogens is 234 g/mol. The third-order valence-corrected chi connectivity index (χ3v) is 2.76. The Balaban J connectivity index is 2.65. The van der Waals surface area contributed by atoms with Crippen molar-refractivity contribution in [3.8, 4) is 0 Å². The number of aromatic nitrogens is 3. The average molecular weight is 256 g/mol. The van der Waals surface area contributed by atoms with E-state index < -0.39 is 0 Å². The van der Waals surface area contributed by atoms with Crippen molar-refractivity contribution in [2.24, 2.45) is 11.8 Å². The highest BCUT2D eigenvalue weighted by molar-refractivity contribution is 6.28. The van der Waals surface area contributed by atoms with E-state index in [1.807, 2.05) is 0 Å². The molecule has 1 aromatic heterocycles. The van der Waals surface area contributed by atoms with Crippen LogP contribution in [0.2, 0.25) is 5.28 Å². The van der Waals surface area contributed by atoms with Gasteiger partial charge in [-0.15, -0.1) is 0 Å². The number of nitrogens with zero attached hydrogens (tertiary/aromatic N) is 3. The van der Waals surface area contributed by atoms with Crippen LogP contribution in [-0.2, 0) is 12.8 Å². The van der Waals surface area contributed by atoms with Crippen LogP contribution in [0.4, 0.5) is 0 Å². The summed E-state index contributed by atoms with van der Waals surface area (Å²) in [7, 11) is 0. The first kappa shape index (κ1) is 14.4. The predicted molar refractivity (Wildman–Crippen MR) is 71.2 cm³/mol. The van der Waals surface area contributed by atoms with Crippen molar-refractivity contribution >= 4 is 11.6 Å². The van der Waals surface area contributed by atoms with Gasteiger partial charge in [0.1, 0.15) is 11.6 Å². The summed E-state index contributed by atoms with van der Waals surface area (Å²) in [6, 6.07) is 0. The molecule has 96 valence electrons. The quantitative estimate of drug-likeness (QED) is 0.778. The van der Waals surface area contributed by atoms with Gasteiger partial charge in [-0.2, -0.15) is 0 Å². The van der Waals surface area contributed by atoms with E-state index in [2.05, 4.69) is 42.6 Å². The monoisotopic (exact) mass is 255 g/mol. The summed E-state index contributed by atoms with van der Waals surface area (Å²) >= 11 is 5.92. The van der Waals surface area contributed by atoms with Crippen molar-refractivity contribution in [1.29, 1.82) is 0 Å². The summed E-state index contributed by atoms with van der Waals surface area (Å²) in [6.45, 7) is 8.79. The van der Waals surface area contributed by atoms with Gasteiger partial charge in [0, 0.05) is 12.8 Å². The van der Waals surface area contributed by atoms with Crippen LogP contribution in [0.25, 0.3) is 0 Å². The minimum Gasteiger partial charge on any atom is -0.218 e. The molecule has 17 heavy (non-hydrogen) atoms. The van der Waals surface area contributed by atoms with Crippen LogP contribution in [0.1, 0.15) is 52.2 Å². The van der Waals surface area contributed by atoms with Crippen LogP contribution in [0.3, 0.4) is 0 Å². The van der Waals surface area contributed by atoms with E-state index in [1.54, 1.807) is 0 Å². The maximum Gasteiger partial charge on any atom is 0.225 e. The van der Waals surface area contributed by atoms with Crippen LogP contribution >= 0.6 is 11.6 Å². The molecule has 0 spiro atoms. The fourth-order valence-electron chi connectivity index (χ4n) is 1.50. The Hall–Kier alpha value is -0.700. The smallest absolute Gasteiger partial charge is 0.218 e. The Morgan fingerprint density at radius 1 is 0.824 bits per heavy atom. The number of rotatable bonds is 6. The number of aryl methyl sites for hydroxylation is 2. The Labute approximate surface area is 109 Å². The van der Waals surface area contributed by atoms with Gasteiger partial charge in [0.05, 0.1) is 0 Å². The highest BCUT2D eigenvalue weighted by Gasteiger charge is 2.07. The molecule has 0 aliphatic carbocycles. The summed E-state index contributed by atoms with van der Waals surface area (Å²) < 4.78 is 0. The molecule has 0 N–H and O–H groups in total. The number of hydrogen-bond donors (Lipinski definition) is 0. The zero-order valence-corrected chi connectivity index (χ0v) is 12.0. The van der Waals surface area contributed by atoms with E-state index in [4.69, 9.17) is 11.6 Å². The number of hydrogen-bond acceptors (Lipinski definition) is 3. The van der Waals surface area contributed by atoms with Gasteiger partial charge in [-0.05, 0) is 36.3 Å². The summed E-state index contributed by atoms with van der Waals surface area (Å²) in [5.41, 5.74) is 0. The molecule has 0 aliphatic heterocycles. The zero-order chi connectivity index (χ0) is 12.8. The summed E-state index contributed by atoms with van der Waals surface area (Å²) in [6.07, 6.45) is 3.94. The standard InChI is InChI=1S/C13H22ClN3/c1-9(2)5-7-11-15-12(8-6-10(3)4)17-13(14)16-11/h9-10H,5-8H2,1-4H3. The van der Waals surface area contributed by atoms with E-state index in [0.717, 1.165) is 37.3 Å². The average Bonchev–Trinajstić information content (AvgIpc) is 2.23. The lowest BCUT2D eigenvalue weighted by atomic mass is 10.1.